The molecule has 2 N–H and O–H groups in total. The third kappa shape index (κ3) is 3.65. The number of rotatable bonds is 5. The Hall–Kier alpha value is 0.0700. The number of hydrogen-bond acceptors (Lipinski definition) is 3. The molecule has 0 bridgehead atoms. The van der Waals surface area contributed by atoms with E-state index in [1.54, 1.807) is 0 Å². The molecule has 1 fully saturated rings. The molecule has 0 radical (unpaired) electrons. The zero-order chi connectivity index (χ0) is 8.81. The zero-order valence-electron chi connectivity index (χ0n) is 7.50. The molecule has 4 heteroatoms. The lowest BCUT2D eigenvalue weighted by Crippen LogP contribution is -2.26. The van der Waals surface area contributed by atoms with E-state index < -0.39 is 10.8 Å². The Morgan fingerprint density at radius 1 is 1.25 bits per heavy atom. The van der Waals surface area contributed by atoms with E-state index in [9.17, 15) is 4.21 Å². The molecule has 1 aliphatic rings. The number of likely N-dealkylation sites (tertiary alicyclic amines) is 1. The standard InChI is InChI=1S/C8H18N2OS/c9-3-7-12(11)8-6-10-4-1-2-5-10/h1-9H2. The second kappa shape index (κ2) is 5.67. The summed E-state index contributed by atoms with van der Waals surface area (Å²) < 4.78 is 11.2. The minimum absolute atomic E-state index is 0.548. The molecule has 1 unspecified atom stereocenters. The molecule has 0 spiro atoms. The second-order valence-corrected chi connectivity index (χ2v) is 4.88. The molecule has 1 rings (SSSR count). The van der Waals surface area contributed by atoms with E-state index in [-0.39, 0.29) is 0 Å². The topological polar surface area (TPSA) is 46.3 Å². The fourth-order valence-corrected chi connectivity index (χ4v) is 2.40. The maximum absolute atomic E-state index is 11.2. The van der Waals surface area contributed by atoms with Gasteiger partial charge in [0.25, 0.3) is 0 Å². The normalized spacial score (nSPS) is 21.4. The van der Waals surface area contributed by atoms with Crippen LogP contribution in [0.25, 0.3) is 0 Å². The minimum atomic E-state index is -0.683. The van der Waals surface area contributed by atoms with Crippen molar-refractivity contribution in [1.29, 1.82) is 0 Å². The maximum atomic E-state index is 11.2. The highest BCUT2D eigenvalue weighted by Gasteiger charge is 2.11. The predicted octanol–water partition coefficient (Wildman–Crippen LogP) is -0.210. The molecule has 0 aliphatic carbocycles. The van der Waals surface area contributed by atoms with Crippen molar-refractivity contribution in [2.75, 3.05) is 37.7 Å². The molecular weight excluding hydrogens is 172 g/mol. The van der Waals surface area contributed by atoms with Gasteiger partial charge < -0.3 is 10.6 Å². The highest BCUT2D eigenvalue weighted by Crippen LogP contribution is 2.06. The molecular formula is C8H18N2OS. The summed E-state index contributed by atoms with van der Waals surface area (Å²) in [6, 6.07) is 0. The van der Waals surface area contributed by atoms with Gasteiger partial charge in [0.2, 0.25) is 0 Å². The smallest absolute Gasteiger partial charge is 0.0363 e. The average molecular weight is 190 g/mol. The first-order chi connectivity index (χ1) is 5.83. The molecule has 0 amide bonds. The fourth-order valence-electron chi connectivity index (χ4n) is 1.47. The summed E-state index contributed by atoms with van der Waals surface area (Å²) >= 11 is 0. The molecule has 0 aromatic carbocycles. The van der Waals surface area contributed by atoms with Crippen LogP contribution in [0, 0.1) is 0 Å². The second-order valence-electron chi connectivity index (χ2n) is 3.19. The Morgan fingerprint density at radius 3 is 2.50 bits per heavy atom. The van der Waals surface area contributed by atoms with Gasteiger partial charge in [0.05, 0.1) is 0 Å². The van der Waals surface area contributed by atoms with Gasteiger partial charge in [0, 0.05) is 35.4 Å². The van der Waals surface area contributed by atoms with Crippen molar-refractivity contribution in [1.82, 2.24) is 4.90 Å². The van der Waals surface area contributed by atoms with Crippen molar-refractivity contribution in [3.63, 3.8) is 0 Å². The van der Waals surface area contributed by atoms with Crippen molar-refractivity contribution in [2.24, 2.45) is 5.73 Å². The predicted molar refractivity (Wildman–Crippen MR) is 52.6 cm³/mol. The van der Waals surface area contributed by atoms with Crippen LogP contribution < -0.4 is 5.73 Å². The van der Waals surface area contributed by atoms with Crippen LogP contribution >= 0.6 is 0 Å². The Bertz CT molecular complexity index is 146. The van der Waals surface area contributed by atoms with Crippen molar-refractivity contribution < 1.29 is 4.21 Å². The lowest BCUT2D eigenvalue weighted by atomic mass is 10.4. The van der Waals surface area contributed by atoms with Gasteiger partial charge in [-0.2, -0.15) is 0 Å². The van der Waals surface area contributed by atoms with E-state index >= 15 is 0 Å². The summed E-state index contributed by atoms with van der Waals surface area (Å²) in [6.45, 7) is 3.93. The molecule has 1 aliphatic heterocycles. The van der Waals surface area contributed by atoms with Gasteiger partial charge in [0.15, 0.2) is 0 Å². The van der Waals surface area contributed by atoms with E-state index in [1.807, 2.05) is 0 Å². The lowest BCUT2D eigenvalue weighted by molar-refractivity contribution is 0.361. The van der Waals surface area contributed by atoms with Crippen LogP contribution in [-0.4, -0.2) is 46.8 Å². The first-order valence-corrected chi connectivity index (χ1v) is 6.09. The molecule has 0 aromatic rings. The summed E-state index contributed by atoms with van der Waals surface area (Å²) in [6.07, 6.45) is 2.62. The van der Waals surface area contributed by atoms with Gasteiger partial charge in [-0.05, 0) is 25.9 Å². The van der Waals surface area contributed by atoms with Crippen LogP contribution in [0.2, 0.25) is 0 Å². The summed E-state index contributed by atoms with van der Waals surface area (Å²) in [5.74, 6) is 1.46. The molecule has 3 nitrogen and oxygen atoms in total. The van der Waals surface area contributed by atoms with E-state index in [1.165, 1.54) is 25.9 Å². The molecule has 12 heavy (non-hydrogen) atoms. The van der Waals surface area contributed by atoms with Crippen molar-refractivity contribution in [3.8, 4) is 0 Å². The Balaban J connectivity index is 2.03. The molecule has 72 valence electrons. The van der Waals surface area contributed by atoms with Crippen LogP contribution in [-0.2, 0) is 10.8 Å². The van der Waals surface area contributed by atoms with Crippen LogP contribution in [0.1, 0.15) is 12.8 Å². The summed E-state index contributed by atoms with van der Waals surface area (Å²) in [5, 5.41) is 0. The van der Waals surface area contributed by atoms with Gasteiger partial charge in [-0.3, -0.25) is 4.21 Å². The SMILES string of the molecule is NCCS(=O)CCN1CCCC1. The van der Waals surface area contributed by atoms with Crippen molar-refractivity contribution >= 4 is 10.8 Å². The number of nitrogens with two attached hydrogens (primary N) is 1. The number of hydrogen-bond donors (Lipinski definition) is 1. The molecule has 0 aromatic heterocycles. The van der Waals surface area contributed by atoms with E-state index in [4.69, 9.17) is 5.73 Å². The van der Waals surface area contributed by atoms with Gasteiger partial charge in [-0.1, -0.05) is 0 Å². The molecule has 1 saturated heterocycles. The Morgan fingerprint density at radius 2 is 1.92 bits per heavy atom. The van der Waals surface area contributed by atoms with Gasteiger partial charge in [0.1, 0.15) is 0 Å². The van der Waals surface area contributed by atoms with Crippen LogP contribution in [0.3, 0.4) is 0 Å². The van der Waals surface area contributed by atoms with Gasteiger partial charge in [-0.15, -0.1) is 0 Å². The lowest BCUT2D eigenvalue weighted by Gasteiger charge is -2.13. The molecule has 1 heterocycles. The van der Waals surface area contributed by atoms with Crippen LogP contribution in [0.4, 0.5) is 0 Å². The Labute approximate surface area is 76.8 Å². The monoisotopic (exact) mass is 190 g/mol. The fraction of sp³-hybridized carbons (Fsp3) is 1.00. The zero-order valence-corrected chi connectivity index (χ0v) is 8.31. The van der Waals surface area contributed by atoms with E-state index in [2.05, 4.69) is 4.90 Å². The average Bonchev–Trinajstić information content (AvgIpc) is 2.53. The maximum Gasteiger partial charge on any atom is 0.0363 e. The third-order valence-corrected chi connectivity index (χ3v) is 3.51. The summed E-state index contributed by atoms with van der Waals surface area (Å²) in [4.78, 5) is 2.38. The minimum Gasteiger partial charge on any atom is -0.330 e. The first kappa shape index (κ1) is 10.2. The quantitative estimate of drug-likeness (QED) is 0.652. The van der Waals surface area contributed by atoms with Gasteiger partial charge >= 0.3 is 0 Å². The molecule has 0 saturated carbocycles. The van der Waals surface area contributed by atoms with E-state index in [0.29, 0.717) is 12.3 Å². The number of nitrogens with zero attached hydrogens (tertiary/aromatic N) is 1. The van der Waals surface area contributed by atoms with Crippen LogP contribution in [0.5, 0.6) is 0 Å². The van der Waals surface area contributed by atoms with Crippen molar-refractivity contribution in [3.05, 3.63) is 0 Å². The van der Waals surface area contributed by atoms with E-state index in [0.717, 1.165) is 12.3 Å². The van der Waals surface area contributed by atoms with Crippen molar-refractivity contribution in [2.45, 2.75) is 12.8 Å². The van der Waals surface area contributed by atoms with Crippen LogP contribution in [0.15, 0.2) is 0 Å². The highest BCUT2D eigenvalue weighted by molar-refractivity contribution is 7.85. The Kier molecular flexibility index (Phi) is 4.80. The first-order valence-electron chi connectivity index (χ1n) is 4.60. The third-order valence-electron chi connectivity index (χ3n) is 2.18. The summed E-state index contributed by atoms with van der Waals surface area (Å²) in [5.41, 5.74) is 5.31. The van der Waals surface area contributed by atoms with Gasteiger partial charge in [-0.25, -0.2) is 0 Å². The summed E-state index contributed by atoms with van der Waals surface area (Å²) in [7, 11) is -0.683. The highest BCUT2D eigenvalue weighted by atomic mass is 32.2. The largest absolute Gasteiger partial charge is 0.330 e. The molecule has 1 atom stereocenters.